The van der Waals surface area contributed by atoms with Gasteiger partial charge >= 0.3 is 18.0 Å². The van der Waals surface area contributed by atoms with Crippen LogP contribution in [0.3, 0.4) is 0 Å². The zero-order valence-electron chi connectivity index (χ0n) is 34.7. The van der Waals surface area contributed by atoms with Gasteiger partial charge in [0, 0.05) is 38.5 Å². The van der Waals surface area contributed by atoms with Gasteiger partial charge in [0.15, 0.2) is 18.7 Å². The van der Waals surface area contributed by atoms with Crippen LogP contribution in [0.2, 0.25) is 0 Å². The monoisotopic (exact) mass is 848 g/mol. The maximum absolute atomic E-state index is 13.2. The Kier molecular flexibility index (Phi) is 18.8. The number of ether oxygens (including phenoxy) is 8. The minimum absolute atomic E-state index is 0.0361. The number of rotatable bonds is 21. The van der Waals surface area contributed by atoms with E-state index in [-0.39, 0.29) is 26.4 Å². The van der Waals surface area contributed by atoms with Crippen LogP contribution in [-0.4, -0.2) is 115 Å². The molecule has 2 fully saturated rings. The van der Waals surface area contributed by atoms with Crippen LogP contribution in [-0.2, 0) is 67.2 Å². The second kappa shape index (κ2) is 24.4. The van der Waals surface area contributed by atoms with Crippen LogP contribution in [0.4, 0.5) is 4.79 Å². The lowest BCUT2D eigenvalue weighted by Gasteiger charge is -2.48. The molecule has 5 rings (SSSR count). The van der Waals surface area contributed by atoms with Gasteiger partial charge in [0.1, 0.15) is 37.6 Å². The van der Waals surface area contributed by atoms with Crippen molar-refractivity contribution in [1.82, 2.24) is 4.90 Å². The summed E-state index contributed by atoms with van der Waals surface area (Å²) in [5.41, 5.74) is 12.3. The van der Waals surface area contributed by atoms with Crippen LogP contribution in [0, 0.1) is 5.92 Å². The van der Waals surface area contributed by atoms with E-state index in [9.17, 15) is 30.1 Å². The molecule has 0 saturated carbocycles. The van der Waals surface area contributed by atoms with E-state index in [2.05, 4.69) is 10.0 Å². The molecule has 2 N–H and O–H groups in total. The van der Waals surface area contributed by atoms with Crippen molar-refractivity contribution >= 4 is 18.0 Å². The lowest BCUT2D eigenvalue weighted by atomic mass is 9.88. The van der Waals surface area contributed by atoms with Crippen molar-refractivity contribution in [1.29, 1.82) is 0 Å². The SMILES string of the molecule is CC(=O)OCC1O[C@H](OCCCCCN(Cc2ccccc2)C(=O)OCc2ccccc2)[C@@H](N=[N+]=[N-])C(C)[C@@H]1O[C@@H]1OC(CO)[C@@H](O)[C@@H](OCc2ccccc2)C1OC(C)=O. The van der Waals surface area contributed by atoms with Crippen molar-refractivity contribution in [2.75, 3.05) is 26.4 Å². The summed E-state index contributed by atoms with van der Waals surface area (Å²) in [4.78, 5) is 42.3. The third-order valence-electron chi connectivity index (χ3n) is 10.4. The number of nitrogens with zero attached hydrogens (tertiary/aromatic N) is 4. The molecule has 17 heteroatoms. The largest absolute Gasteiger partial charge is 0.463 e. The number of esters is 2. The molecule has 0 radical (unpaired) electrons. The Bertz CT molecular complexity index is 1840. The van der Waals surface area contributed by atoms with E-state index in [1.54, 1.807) is 11.8 Å². The fraction of sp³-hybridized carbons (Fsp3) is 0.523. The Morgan fingerprint density at radius 1 is 0.754 bits per heavy atom. The molecule has 0 spiro atoms. The van der Waals surface area contributed by atoms with E-state index in [1.165, 1.54) is 13.8 Å². The Morgan fingerprint density at radius 2 is 1.38 bits per heavy atom. The molecule has 2 saturated heterocycles. The number of benzene rings is 3. The van der Waals surface area contributed by atoms with E-state index in [4.69, 9.17) is 37.9 Å². The second-order valence-corrected chi connectivity index (χ2v) is 14.9. The van der Waals surface area contributed by atoms with E-state index < -0.39 is 85.8 Å². The number of carbonyl (C=O) groups is 3. The molecule has 10 atom stereocenters. The minimum Gasteiger partial charge on any atom is -0.463 e. The first kappa shape index (κ1) is 47.0. The molecule has 61 heavy (non-hydrogen) atoms. The predicted molar refractivity (Wildman–Crippen MR) is 218 cm³/mol. The van der Waals surface area contributed by atoms with Crippen molar-refractivity contribution in [3.05, 3.63) is 118 Å². The molecule has 4 unspecified atom stereocenters. The van der Waals surface area contributed by atoms with Crippen molar-refractivity contribution in [3.8, 4) is 0 Å². The van der Waals surface area contributed by atoms with Crippen LogP contribution in [0.15, 0.2) is 96.1 Å². The van der Waals surface area contributed by atoms with Crippen LogP contribution >= 0.6 is 0 Å². The van der Waals surface area contributed by atoms with Gasteiger partial charge in [-0.25, -0.2) is 4.79 Å². The van der Waals surface area contributed by atoms with Gasteiger partial charge in [0.2, 0.25) is 0 Å². The van der Waals surface area contributed by atoms with Gasteiger partial charge < -0.3 is 53.0 Å². The first-order valence-corrected chi connectivity index (χ1v) is 20.4. The van der Waals surface area contributed by atoms with E-state index in [1.807, 2.05) is 91.0 Å². The van der Waals surface area contributed by atoms with Crippen LogP contribution in [0.25, 0.3) is 10.4 Å². The smallest absolute Gasteiger partial charge is 0.410 e. The number of aliphatic hydroxyl groups is 2. The molecule has 1 amide bonds. The number of carbonyl (C=O) groups excluding carboxylic acids is 3. The molecule has 17 nitrogen and oxygen atoms in total. The molecule has 2 heterocycles. The number of aliphatic hydroxyl groups excluding tert-OH is 2. The van der Waals surface area contributed by atoms with Crippen molar-refractivity contribution in [3.63, 3.8) is 0 Å². The summed E-state index contributed by atoms with van der Waals surface area (Å²) in [5.74, 6) is -1.95. The first-order valence-electron chi connectivity index (χ1n) is 20.4. The Labute approximate surface area is 355 Å². The molecule has 0 bridgehead atoms. The van der Waals surface area contributed by atoms with Crippen molar-refractivity contribution in [2.24, 2.45) is 11.0 Å². The number of hydrogen-bond donors (Lipinski definition) is 2. The van der Waals surface area contributed by atoms with Gasteiger partial charge in [-0.05, 0) is 47.4 Å². The topological polar surface area (TPSA) is 218 Å². The maximum atomic E-state index is 13.2. The van der Waals surface area contributed by atoms with Crippen LogP contribution in [0.5, 0.6) is 0 Å². The fourth-order valence-corrected chi connectivity index (χ4v) is 7.22. The second-order valence-electron chi connectivity index (χ2n) is 14.9. The third kappa shape index (κ3) is 14.2. The summed E-state index contributed by atoms with van der Waals surface area (Å²) in [6.45, 7) is 4.49. The molecule has 3 aromatic rings. The zero-order chi connectivity index (χ0) is 43.6. The third-order valence-corrected chi connectivity index (χ3v) is 10.4. The Balaban J connectivity index is 1.23. The Hall–Kier alpha value is -5.10. The normalized spacial score (nSPS) is 26.0. The van der Waals surface area contributed by atoms with Gasteiger partial charge in [-0.15, -0.1) is 0 Å². The lowest BCUT2D eigenvalue weighted by molar-refractivity contribution is -0.346. The van der Waals surface area contributed by atoms with Gasteiger partial charge in [-0.3, -0.25) is 9.59 Å². The summed E-state index contributed by atoms with van der Waals surface area (Å²) >= 11 is 0. The zero-order valence-corrected chi connectivity index (χ0v) is 34.7. The highest BCUT2D eigenvalue weighted by molar-refractivity contribution is 5.68. The molecular formula is C44H56N4O13. The molecule has 2 aliphatic rings. The summed E-state index contributed by atoms with van der Waals surface area (Å²) in [6.07, 6.45) is -8.14. The Morgan fingerprint density at radius 3 is 1.98 bits per heavy atom. The predicted octanol–water partition coefficient (Wildman–Crippen LogP) is 5.60. The highest BCUT2D eigenvalue weighted by Gasteiger charge is 2.52. The van der Waals surface area contributed by atoms with E-state index >= 15 is 0 Å². The van der Waals surface area contributed by atoms with Gasteiger partial charge in [-0.2, -0.15) is 0 Å². The summed E-state index contributed by atoms with van der Waals surface area (Å²) < 4.78 is 47.7. The van der Waals surface area contributed by atoms with Crippen molar-refractivity contribution in [2.45, 2.75) is 115 Å². The van der Waals surface area contributed by atoms with Gasteiger partial charge in [0.25, 0.3) is 0 Å². The maximum Gasteiger partial charge on any atom is 0.410 e. The van der Waals surface area contributed by atoms with Gasteiger partial charge in [0.05, 0.1) is 25.4 Å². The number of azide groups is 1. The average molecular weight is 849 g/mol. The number of amides is 1. The highest BCUT2D eigenvalue weighted by atomic mass is 16.7. The molecule has 0 aromatic heterocycles. The first-order chi connectivity index (χ1) is 29.6. The number of unbranched alkanes of at least 4 members (excludes halogenated alkanes) is 2. The standard InChI is InChI=1S/C44H56N4O13/c1-29-37(46-47-45)42(54-23-15-7-14-22-48(24-32-16-8-4-9-17-32)44(53)57-27-34-20-12-6-13-21-34)60-36(28-55-30(2)50)39(29)61-43-41(58-31(3)51)40(38(52)35(25-49)59-43)56-26-33-18-10-5-11-19-33/h4-6,8-13,16-21,29,35-43,49,52H,7,14-15,22-28H2,1-3H3/t29?,35?,36?,37-,38+,39-,40+,41?,42-,43-/m0/s1. The quantitative estimate of drug-likeness (QED) is 0.0334. The summed E-state index contributed by atoms with van der Waals surface area (Å²) in [7, 11) is 0. The van der Waals surface area contributed by atoms with E-state index in [0.29, 0.717) is 32.4 Å². The molecule has 3 aromatic carbocycles. The average Bonchev–Trinajstić information content (AvgIpc) is 3.26. The fourth-order valence-electron chi connectivity index (χ4n) is 7.22. The molecule has 0 aliphatic carbocycles. The number of hydrogen-bond acceptors (Lipinski definition) is 14. The molecule has 2 aliphatic heterocycles. The van der Waals surface area contributed by atoms with Crippen molar-refractivity contribution < 1.29 is 62.5 Å². The van der Waals surface area contributed by atoms with E-state index in [0.717, 1.165) is 16.7 Å². The van der Waals surface area contributed by atoms with Crippen LogP contribution in [0.1, 0.15) is 56.7 Å². The minimum atomic E-state index is -1.41. The van der Waals surface area contributed by atoms with Gasteiger partial charge in [-0.1, -0.05) is 103 Å². The lowest BCUT2D eigenvalue weighted by Crippen LogP contribution is -2.64. The molecule has 330 valence electrons. The van der Waals surface area contributed by atoms with Crippen LogP contribution < -0.4 is 0 Å². The highest BCUT2D eigenvalue weighted by Crippen LogP contribution is 2.36. The molecular weight excluding hydrogens is 792 g/mol. The summed E-state index contributed by atoms with van der Waals surface area (Å²) in [5, 5.41) is 25.4. The summed E-state index contributed by atoms with van der Waals surface area (Å²) in [6, 6.07) is 27.3.